The van der Waals surface area contributed by atoms with Crippen LogP contribution in [-0.4, -0.2) is 24.5 Å². The Balaban J connectivity index is 1.83. The Morgan fingerprint density at radius 1 is 1.23 bits per heavy atom. The molecule has 0 aromatic carbocycles. The second-order valence-electron chi connectivity index (χ2n) is 3.94. The fraction of sp³-hybridized carbons (Fsp3) is 0.500. The first kappa shape index (κ1) is 8.76. The molecule has 0 bridgehead atoms. The summed E-state index contributed by atoms with van der Waals surface area (Å²) in [6, 6.07) is 0. The van der Waals surface area contributed by atoms with Gasteiger partial charge in [-0.2, -0.15) is 0 Å². The molecule has 0 atom stereocenters. The Morgan fingerprint density at radius 3 is 2.46 bits per heavy atom. The first-order valence-electron chi connectivity index (χ1n) is 5.11. The van der Waals surface area contributed by atoms with Gasteiger partial charge in [0.05, 0.1) is 0 Å². The molecule has 70 valence electrons. The van der Waals surface area contributed by atoms with E-state index < -0.39 is 0 Å². The van der Waals surface area contributed by atoms with Gasteiger partial charge in [-0.05, 0) is 25.9 Å². The molecule has 0 amide bonds. The van der Waals surface area contributed by atoms with E-state index in [1.165, 1.54) is 31.5 Å². The summed E-state index contributed by atoms with van der Waals surface area (Å²) >= 11 is 0. The van der Waals surface area contributed by atoms with Gasteiger partial charge in [-0.25, -0.2) is 0 Å². The van der Waals surface area contributed by atoms with Gasteiger partial charge in [-0.15, -0.1) is 0 Å². The molecule has 0 unspecified atom stereocenters. The van der Waals surface area contributed by atoms with Crippen LogP contribution in [0.15, 0.2) is 36.5 Å². The molecule has 1 aliphatic carbocycles. The predicted octanol–water partition coefficient (Wildman–Crippen LogP) is 2.38. The number of hydrogen-bond donors (Lipinski definition) is 0. The summed E-state index contributed by atoms with van der Waals surface area (Å²) in [6.07, 6.45) is 11.4. The molecule has 0 saturated carbocycles. The third kappa shape index (κ3) is 2.10. The van der Waals surface area contributed by atoms with Crippen molar-refractivity contribution in [3.05, 3.63) is 36.5 Å². The highest BCUT2D eigenvalue weighted by atomic mass is 15.1. The van der Waals surface area contributed by atoms with E-state index in [0.29, 0.717) is 5.92 Å². The lowest BCUT2D eigenvalue weighted by molar-refractivity contribution is 0.363. The zero-order chi connectivity index (χ0) is 9.10. The third-order valence-electron chi connectivity index (χ3n) is 2.84. The van der Waals surface area contributed by atoms with Gasteiger partial charge in [-0.1, -0.05) is 36.5 Å². The molecule has 1 aliphatic heterocycles. The summed E-state index contributed by atoms with van der Waals surface area (Å²) in [5.74, 6) is 0.501. The van der Waals surface area contributed by atoms with Gasteiger partial charge in [0.25, 0.3) is 0 Å². The van der Waals surface area contributed by atoms with Crippen LogP contribution in [0.1, 0.15) is 12.8 Å². The smallest absolute Gasteiger partial charge is 0.0199 e. The van der Waals surface area contributed by atoms with Crippen molar-refractivity contribution in [2.75, 3.05) is 19.6 Å². The molecule has 2 rings (SSSR count). The van der Waals surface area contributed by atoms with E-state index >= 15 is 0 Å². The van der Waals surface area contributed by atoms with Gasteiger partial charge < -0.3 is 0 Å². The minimum atomic E-state index is 0.501. The van der Waals surface area contributed by atoms with Gasteiger partial charge in [-0.3, -0.25) is 4.90 Å². The van der Waals surface area contributed by atoms with Gasteiger partial charge in [0.2, 0.25) is 0 Å². The zero-order valence-electron chi connectivity index (χ0n) is 8.08. The molecule has 0 N–H and O–H groups in total. The molecule has 1 nitrogen and oxygen atoms in total. The molecule has 1 heterocycles. The van der Waals surface area contributed by atoms with Crippen LogP contribution in [0.5, 0.6) is 0 Å². The highest BCUT2D eigenvalue weighted by Gasteiger charge is 2.15. The Labute approximate surface area is 80.4 Å². The van der Waals surface area contributed by atoms with Crippen LogP contribution in [0, 0.1) is 5.92 Å². The molecule has 1 fully saturated rings. The Bertz CT molecular complexity index is 232. The summed E-state index contributed by atoms with van der Waals surface area (Å²) in [5, 5.41) is 0. The lowest BCUT2D eigenvalue weighted by Gasteiger charge is -2.18. The summed E-state index contributed by atoms with van der Waals surface area (Å²) in [4.78, 5) is 2.50. The van der Waals surface area contributed by atoms with Crippen molar-refractivity contribution in [3.8, 4) is 0 Å². The van der Waals surface area contributed by atoms with E-state index in [-0.39, 0.29) is 0 Å². The second kappa shape index (κ2) is 3.93. The van der Waals surface area contributed by atoms with Crippen molar-refractivity contribution in [1.29, 1.82) is 0 Å². The van der Waals surface area contributed by atoms with Crippen molar-refractivity contribution in [2.45, 2.75) is 12.8 Å². The largest absolute Gasteiger partial charge is 0.299 e. The molecule has 1 heteroatoms. The van der Waals surface area contributed by atoms with Crippen LogP contribution in [0.3, 0.4) is 0 Å². The maximum absolute atomic E-state index is 4.16. The predicted molar refractivity (Wildman–Crippen MR) is 56.6 cm³/mol. The van der Waals surface area contributed by atoms with Crippen LogP contribution >= 0.6 is 0 Å². The first-order chi connectivity index (χ1) is 6.36. The number of likely N-dealkylation sites (tertiary alicyclic amines) is 1. The molecule has 2 aliphatic rings. The summed E-state index contributed by atoms with van der Waals surface area (Å²) in [7, 11) is 0. The monoisotopic (exact) mass is 175 g/mol. The maximum atomic E-state index is 4.16. The number of allylic oxidation sites excluding steroid dienone is 4. The first-order valence-corrected chi connectivity index (χ1v) is 5.11. The maximum Gasteiger partial charge on any atom is 0.0199 e. The number of rotatable bonds is 3. The number of nitrogens with zero attached hydrogens (tertiary/aromatic N) is 1. The van der Waals surface area contributed by atoms with E-state index in [1.807, 2.05) is 0 Å². The van der Waals surface area contributed by atoms with Crippen molar-refractivity contribution in [1.82, 2.24) is 4.90 Å². The highest BCUT2D eigenvalue weighted by Crippen LogP contribution is 2.20. The lowest BCUT2D eigenvalue weighted by Crippen LogP contribution is -2.23. The molecule has 0 aromatic heterocycles. The standard InChI is InChI=1S/C12H17N/c1-11(12-6-2-3-7-12)10-13-8-4-5-9-13/h2-3,6-7,12H,1,4-5,8-10H2. The van der Waals surface area contributed by atoms with E-state index in [1.54, 1.807) is 0 Å². The van der Waals surface area contributed by atoms with Crippen LogP contribution in [-0.2, 0) is 0 Å². The van der Waals surface area contributed by atoms with Crippen molar-refractivity contribution >= 4 is 0 Å². The van der Waals surface area contributed by atoms with Gasteiger partial charge in [0.15, 0.2) is 0 Å². The molecule has 1 saturated heterocycles. The van der Waals surface area contributed by atoms with E-state index in [2.05, 4.69) is 35.8 Å². The zero-order valence-corrected chi connectivity index (χ0v) is 8.08. The fourth-order valence-electron chi connectivity index (χ4n) is 2.04. The third-order valence-corrected chi connectivity index (χ3v) is 2.84. The average Bonchev–Trinajstić information content (AvgIpc) is 2.74. The number of hydrogen-bond acceptors (Lipinski definition) is 1. The average molecular weight is 175 g/mol. The van der Waals surface area contributed by atoms with Crippen LogP contribution in [0.25, 0.3) is 0 Å². The molecular weight excluding hydrogens is 158 g/mol. The van der Waals surface area contributed by atoms with E-state index in [9.17, 15) is 0 Å². The lowest BCUT2D eigenvalue weighted by atomic mass is 10.0. The molecule has 0 aromatic rings. The quantitative estimate of drug-likeness (QED) is 0.595. The van der Waals surface area contributed by atoms with Crippen LogP contribution in [0.2, 0.25) is 0 Å². The second-order valence-corrected chi connectivity index (χ2v) is 3.94. The normalized spacial score (nSPS) is 23.1. The Hall–Kier alpha value is -0.820. The summed E-state index contributed by atoms with van der Waals surface area (Å²) < 4.78 is 0. The van der Waals surface area contributed by atoms with Gasteiger partial charge in [0, 0.05) is 12.5 Å². The van der Waals surface area contributed by atoms with E-state index in [0.717, 1.165) is 6.54 Å². The highest BCUT2D eigenvalue weighted by molar-refractivity contribution is 5.27. The van der Waals surface area contributed by atoms with Crippen molar-refractivity contribution in [3.63, 3.8) is 0 Å². The minimum absolute atomic E-state index is 0.501. The van der Waals surface area contributed by atoms with Gasteiger partial charge in [0.1, 0.15) is 0 Å². The van der Waals surface area contributed by atoms with Crippen molar-refractivity contribution < 1.29 is 0 Å². The van der Waals surface area contributed by atoms with E-state index in [4.69, 9.17) is 0 Å². The summed E-state index contributed by atoms with van der Waals surface area (Å²) in [5.41, 5.74) is 1.34. The molecular formula is C12H17N. The Morgan fingerprint density at radius 2 is 1.85 bits per heavy atom. The fourth-order valence-corrected chi connectivity index (χ4v) is 2.04. The minimum Gasteiger partial charge on any atom is -0.299 e. The van der Waals surface area contributed by atoms with Crippen LogP contribution in [0.4, 0.5) is 0 Å². The topological polar surface area (TPSA) is 3.24 Å². The van der Waals surface area contributed by atoms with Gasteiger partial charge >= 0.3 is 0 Å². The summed E-state index contributed by atoms with van der Waals surface area (Å²) in [6.45, 7) is 7.76. The SMILES string of the molecule is C=C(CN1CCCC1)C1C=CC=C1. The molecule has 0 spiro atoms. The molecule has 13 heavy (non-hydrogen) atoms. The van der Waals surface area contributed by atoms with Crippen molar-refractivity contribution in [2.24, 2.45) is 5.92 Å². The van der Waals surface area contributed by atoms with Crippen LogP contribution < -0.4 is 0 Å². The molecule has 0 radical (unpaired) electrons. The Kier molecular flexibility index (Phi) is 2.65.